The summed E-state index contributed by atoms with van der Waals surface area (Å²) in [5.41, 5.74) is 36.0. The van der Waals surface area contributed by atoms with Gasteiger partial charge in [0.25, 0.3) is 0 Å². The molecule has 9 amide bonds. The van der Waals surface area contributed by atoms with Gasteiger partial charge in [-0.05, 0) is 151 Å². The number of amides is 9. The molecule has 0 aromatic heterocycles. The summed E-state index contributed by atoms with van der Waals surface area (Å²) >= 11 is 0. The molecular weight excluding hydrogens is 1170 g/mol. The molecule has 0 fully saturated rings. The van der Waals surface area contributed by atoms with Crippen LogP contribution in [0.2, 0.25) is 0 Å². The van der Waals surface area contributed by atoms with E-state index in [9.17, 15) is 53.1 Å². The largest absolute Gasteiger partial charge is 0.480 e. The maximum absolute atomic E-state index is 14.7. The molecule has 0 spiro atoms. The molecule has 512 valence electrons. The van der Waals surface area contributed by atoms with Crippen LogP contribution in [0.5, 0.6) is 0 Å². The van der Waals surface area contributed by atoms with Gasteiger partial charge in [-0.3, -0.25) is 38.4 Å². The highest BCUT2D eigenvalue weighted by Crippen LogP contribution is 2.15. The van der Waals surface area contributed by atoms with Crippen LogP contribution in [0.4, 0.5) is 4.79 Å². The van der Waals surface area contributed by atoms with Gasteiger partial charge in [0, 0.05) is 18.9 Å². The van der Waals surface area contributed by atoms with E-state index in [1.54, 1.807) is 102 Å². The van der Waals surface area contributed by atoms with Crippen LogP contribution in [0.15, 0.2) is 60.7 Å². The molecule has 2 aromatic carbocycles. The molecule has 27 heteroatoms. The van der Waals surface area contributed by atoms with Crippen molar-refractivity contribution in [1.29, 1.82) is 0 Å². The second-order valence-corrected chi connectivity index (χ2v) is 24.2. The summed E-state index contributed by atoms with van der Waals surface area (Å²) in [7, 11) is 0. The van der Waals surface area contributed by atoms with Crippen molar-refractivity contribution in [1.82, 2.24) is 47.9 Å². The number of unbranched alkanes of at least 4 members (excludes halogenated alkanes) is 5. The van der Waals surface area contributed by atoms with Crippen LogP contribution >= 0.6 is 0 Å². The van der Waals surface area contributed by atoms with Crippen molar-refractivity contribution in [2.45, 2.75) is 211 Å². The highest BCUT2D eigenvalue weighted by Gasteiger charge is 2.37. The second kappa shape index (κ2) is 45.0. The predicted molar refractivity (Wildman–Crippen MR) is 349 cm³/mol. The zero-order chi connectivity index (χ0) is 67.8. The van der Waals surface area contributed by atoms with Crippen molar-refractivity contribution >= 4 is 59.3 Å². The third-order valence-electron chi connectivity index (χ3n) is 15.3. The number of rotatable bonds is 47. The predicted octanol–water partition coefficient (Wildman–Crippen LogP) is 0.470. The molecule has 0 aliphatic carbocycles. The Bertz CT molecular complexity index is 2510. The third kappa shape index (κ3) is 31.5. The molecule has 0 saturated carbocycles. The number of nitrogens with two attached hydrogens (primary N) is 6. The number of carboxylic acid groups (broad SMARTS) is 1. The van der Waals surface area contributed by atoms with Crippen LogP contribution in [-0.4, -0.2) is 164 Å². The fourth-order valence-electron chi connectivity index (χ4n) is 9.85. The number of nitrogens with one attached hydrogen (secondary N) is 9. The number of alkyl carbamates (subject to hydrolysis) is 1. The first-order valence-electron chi connectivity index (χ1n) is 32.3. The number of hydrogen-bond acceptors (Lipinski definition) is 17. The molecule has 0 saturated heterocycles. The molecule has 0 aliphatic heterocycles. The van der Waals surface area contributed by atoms with Crippen molar-refractivity contribution < 1.29 is 57.8 Å². The van der Waals surface area contributed by atoms with Gasteiger partial charge in [-0.1, -0.05) is 109 Å². The maximum Gasteiger partial charge on any atom is 0.407 e. The van der Waals surface area contributed by atoms with Crippen molar-refractivity contribution in [3.8, 4) is 0 Å². The SMILES string of the molecule is CC(C)[C@H](NC(=O)[C@H](CCCCN)NC(=O)[C@H](Cc1ccccc1)NC(=O)[C@@H](NC(=O)[C@@H](NC(=O)[C@H](CCCCN)NC(=O)OC[C@@H](N)CCCCN)C(C)C)C(C)C)C(=O)N[C@@H](CCCCN)C(=O)N[C@@H](Cc1ccccc1)C(=O)N[C@H](CCCCN)C(=O)O. The highest BCUT2D eigenvalue weighted by molar-refractivity contribution is 5.98. The summed E-state index contributed by atoms with van der Waals surface area (Å²) in [6, 6.07) is 5.86. The van der Waals surface area contributed by atoms with E-state index in [1.807, 2.05) is 0 Å². The van der Waals surface area contributed by atoms with E-state index in [1.165, 1.54) is 0 Å². The summed E-state index contributed by atoms with van der Waals surface area (Å²) in [4.78, 5) is 140. The quantitative estimate of drug-likeness (QED) is 0.0401. The summed E-state index contributed by atoms with van der Waals surface area (Å²) in [6.45, 7) is 11.8. The van der Waals surface area contributed by atoms with Gasteiger partial charge in [-0.25, -0.2) is 9.59 Å². The monoisotopic (exact) mass is 1280 g/mol. The fraction of sp³-hybridized carbons (Fsp3) is 0.656. The normalized spacial score (nSPS) is 14.6. The number of carboxylic acids is 1. The molecule has 0 aliphatic rings. The lowest BCUT2D eigenvalue weighted by atomic mass is 9.98. The Hall–Kier alpha value is -7.30. The Morgan fingerprint density at radius 1 is 0.363 bits per heavy atom. The van der Waals surface area contributed by atoms with E-state index in [4.69, 9.17) is 39.1 Å². The lowest BCUT2D eigenvalue weighted by Gasteiger charge is -2.30. The lowest BCUT2D eigenvalue weighted by molar-refractivity contribution is -0.142. The Balaban J connectivity index is 2.46. The molecule has 0 radical (unpaired) electrons. The summed E-state index contributed by atoms with van der Waals surface area (Å²) in [6.07, 6.45) is 5.23. The zero-order valence-corrected chi connectivity index (χ0v) is 54.4. The van der Waals surface area contributed by atoms with E-state index < -0.39 is 137 Å². The van der Waals surface area contributed by atoms with Crippen LogP contribution in [0.1, 0.15) is 149 Å². The summed E-state index contributed by atoms with van der Waals surface area (Å²) in [5.74, 6) is -8.85. The van der Waals surface area contributed by atoms with Gasteiger partial charge in [-0.2, -0.15) is 0 Å². The first kappa shape index (κ1) is 79.8. The van der Waals surface area contributed by atoms with Gasteiger partial charge in [0.1, 0.15) is 61.0 Å². The first-order valence-corrected chi connectivity index (χ1v) is 32.3. The van der Waals surface area contributed by atoms with Crippen LogP contribution in [0, 0.1) is 17.8 Å². The van der Waals surface area contributed by atoms with Crippen molar-refractivity contribution in [3.05, 3.63) is 71.8 Å². The molecule has 2 aromatic rings. The fourth-order valence-corrected chi connectivity index (χ4v) is 9.85. The van der Waals surface area contributed by atoms with Crippen molar-refractivity contribution in [3.63, 3.8) is 0 Å². The molecule has 0 bridgehead atoms. The van der Waals surface area contributed by atoms with Gasteiger partial charge < -0.3 is 92.1 Å². The van der Waals surface area contributed by atoms with Crippen LogP contribution in [0.25, 0.3) is 0 Å². The summed E-state index contributed by atoms with van der Waals surface area (Å²) < 4.78 is 5.34. The van der Waals surface area contributed by atoms with Crippen molar-refractivity contribution in [2.24, 2.45) is 52.2 Å². The van der Waals surface area contributed by atoms with Gasteiger partial charge in [0.05, 0.1) is 0 Å². The minimum Gasteiger partial charge on any atom is -0.480 e. The lowest BCUT2D eigenvalue weighted by Crippen LogP contribution is -2.62. The zero-order valence-electron chi connectivity index (χ0n) is 54.4. The Kier molecular flexibility index (Phi) is 39.5. The highest BCUT2D eigenvalue weighted by atomic mass is 16.5. The van der Waals surface area contributed by atoms with E-state index >= 15 is 0 Å². The van der Waals surface area contributed by atoms with E-state index in [2.05, 4.69) is 47.9 Å². The smallest absolute Gasteiger partial charge is 0.407 e. The number of carbonyl (C=O) groups is 10. The number of ether oxygens (including phenoxy) is 1. The molecule has 0 heterocycles. The molecule has 10 atom stereocenters. The number of aliphatic carboxylic acids is 1. The minimum absolute atomic E-state index is 0.0177. The van der Waals surface area contributed by atoms with Gasteiger partial charge >= 0.3 is 12.1 Å². The molecule has 91 heavy (non-hydrogen) atoms. The van der Waals surface area contributed by atoms with E-state index in [0.29, 0.717) is 88.5 Å². The molecular formula is C64H109N15O12. The summed E-state index contributed by atoms with van der Waals surface area (Å²) in [5, 5.41) is 34.6. The maximum atomic E-state index is 14.7. The number of hydrogen-bond donors (Lipinski definition) is 16. The van der Waals surface area contributed by atoms with Gasteiger partial charge in [0.15, 0.2) is 0 Å². The molecule has 22 N–H and O–H groups in total. The van der Waals surface area contributed by atoms with Crippen LogP contribution in [-0.2, 0) is 60.7 Å². The Morgan fingerprint density at radius 2 is 0.637 bits per heavy atom. The van der Waals surface area contributed by atoms with Gasteiger partial charge in [-0.15, -0.1) is 0 Å². The van der Waals surface area contributed by atoms with Gasteiger partial charge in [0.2, 0.25) is 47.3 Å². The molecule has 0 unspecified atom stereocenters. The molecule has 27 nitrogen and oxygen atoms in total. The average molecular weight is 1280 g/mol. The van der Waals surface area contributed by atoms with Crippen LogP contribution < -0.4 is 82.3 Å². The Morgan fingerprint density at radius 3 is 1.00 bits per heavy atom. The first-order chi connectivity index (χ1) is 43.4. The number of benzene rings is 2. The Labute approximate surface area is 537 Å². The standard InChI is InChI=1S/C64H109N15O12/c1-40(2)52(60(85)72-46(28-14-19-33-66)55(80)74-50(37-43-23-9-7-10-24-43)59(84)73-49(63(88)89)31-17-22-36-69)77-56(81)47(29-15-20-34-67)71-58(83)51(38-44-25-11-8-12-26-44)75-61(86)53(41(3)4)79-62(87)54(42(5)6)78-57(82)48(30-16-21-35-68)76-64(90)91-39-45(70)27-13-18-32-65/h7-12,23-26,40-42,45-54H,13-22,27-39,65-70H2,1-6H3,(H,71,83)(H,72,85)(H,73,84)(H,74,80)(H,75,86)(H,76,90)(H,77,81)(H,78,82)(H,79,87)(H,88,89)/t45-,46-,47-,48-,49+,50-,51-,52-,53-,54-/m0/s1. The van der Waals surface area contributed by atoms with E-state index in [-0.39, 0.29) is 58.2 Å². The van der Waals surface area contributed by atoms with Crippen LogP contribution in [0.3, 0.4) is 0 Å². The topological polar surface area (TPSA) is 465 Å². The second-order valence-electron chi connectivity index (χ2n) is 24.2. The molecule has 2 rings (SSSR count). The van der Waals surface area contributed by atoms with E-state index in [0.717, 1.165) is 12.8 Å². The average Bonchev–Trinajstić information content (AvgIpc) is 1.83. The number of carbonyl (C=O) groups excluding carboxylic acids is 9. The minimum atomic E-state index is -1.34. The van der Waals surface area contributed by atoms with Crippen molar-refractivity contribution in [2.75, 3.05) is 39.3 Å². The third-order valence-corrected chi connectivity index (χ3v) is 15.3.